The Balaban J connectivity index is 2.07. The molecule has 2 heterocycles. The minimum Gasteiger partial charge on any atom is -0.507 e. The van der Waals surface area contributed by atoms with Crippen LogP contribution in [0.3, 0.4) is 0 Å². The number of piperidine rings is 1. The molecule has 1 aromatic carbocycles. The number of nitrogens with one attached hydrogen (secondary N) is 1. The number of aromatic hydroxyl groups is 1. The number of hydrogen-bond acceptors (Lipinski definition) is 6. The van der Waals surface area contributed by atoms with Crippen molar-refractivity contribution in [1.29, 1.82) is 5.26 Å². The first kappa shape index (κ1) is 19.0. The number of benzene rings is 1. The lowest BCUT2D eigenvalue weighted by molar-refractivity contribution is 0.309. The van der Waals surface area contributed by atoms with Gasteiger partial charge in [-0.2, -0.15) is 5.26 Å². The van der Waals surface area contributed by atoms with Crippen molar-refractivity contribution < 1.29 is 9.84 Å². The van der Waals surface area contributed by atoms with Gasteiger partial charge in [-0.1, -0.05) is 19.4 Å². The number of unbranched alkanes of at least 4 members (excludes halogenated alkanes) is 1. The molecule has 0 bridgehead atoms. The fourth-order valence-electron chi connectivity index (χ4n) is 3.51. The monoisotopic (exact) mass is 366 g/mol. The molecule has 1 fully saturated rings. The molecule has 2 aromatic rings. The van der Waals surface area contributed by atoms with Gasteiger partial charge in [-0.15, -0.1) is 0 Å². The molecule has 6 nitrogen and oxygen atoms in total. The predicted molar refractivity (Wildman–Crippen MR) is 106 cm³/mol. The highest BCUT2D eigenvalue weighted by molar-refractivity contribution is 5.76. The highest BCUT2D eigenvalue weighted by atomic mass is 16.5. The summed E-state index contributed by atoms with van der Waals surface area (Å²) in [5, 5.41) is 23.4. The Labute approximate surface area is 160 Å². The number of phenolic OH excluding ortho intramolecular Hbond substituents is 1. The third-order valence-electron chi connectivity index (χ3n) is 4.98. The molecule has 4 N–H and O–H groups in total. The molecule has 1 aliphatic rings. The molecule has 3 rings (SSSR count). The highest BCUT2D eigenvalue weighted by Gasteiger charge is 2.23. The Bertz CT molecular complexity index is 839. The number of nitrogens with zero attached hydrogens (tertiary/aromatic N) is 2. The van der Waals surface area contributed by atoms with Gasteiger partial charge in [0, 0.05) is 0 Å². The molecule has 6 heteroatoms. The Hall–Kier alpha value is -2.78. The van der Waals surface area contributed by atoms with Gasteiger partial charge < -0.3 is 20.9 Å². The number of rotatable bonds is 6. The van der Waals surface area contributed by atoms with Crippen LogP contribution in [0.2, 0.25) is 0 Å². The van der Waals surface area contributed by atoms with Crippen LogP contribution in [-0.2, 0) is 0 Å². The average Bonchev–Trinajstić information content (AvgIpc) is 2.68. The maximum Gasteiger partial charge on any atom is 0.142 e. The molecule has 1 aliphatic heterocycles. The van der Waals surface area contributed by atoms with Crippen molar-refractivity contribution in [1.82, 2.24) is 10.3 Å². The van der Waals surface area contributed by atoms with Crippen molar-refractivity contribution >= 4 is 5.82 Å². The van der Waals surface area contributed by atoms with Gasteiger partial charge in [-0.25, -0.2) is 4.98 Å². The standard InChI is InChI=1S/C21H26N4O2/c1-2-3-11-27-19-6-4-5-18(26)20(19)17-12-15(14-7-9-24-10-8-14)16(13-22)21(23)25-17/h4-6,12,14,24,26H,2-3,7-11H2,1H3,(H2,23,25). The third-order valence-corrected chi connectivity index (χ3v) is 4.98. The number of nitrogens with two attached hydrogens (primary N) is 1. The van der Waals surface area contributed by atoms with E-state index in [-0.39, 0.29) is 17.5 Å². The van der Waals surface area contributed by atoms with E-state index in [9.17, 15) is 10.4 Å². The topological polar surface area (TPSA) is 104 Å². The summed E-state index contributed by atoms with van der Waals surface area (Å²) in [5.74, 6) is 1.12. The van der Waals surface area contributed by atoms with E-state index in [1.54, 1.807) is 12.1 Å². The van der Waals surface area contributed by atoms with Gasteiger partial charge in [0.15, 0.2) is 0 Å². The van der Waals surface area contributed by atoms with Crippen molar-refractivity contribution in [2.75, 3.05) is 25.4 Å². The predicted octanol–water partition coefficient (Wildman–Crippen LogP) is 3.55. The molecule has 0 radical (unpaired) electrons. The summed E-state index contributed by atoms with van der Waals surface area (Å²) in [5.41, 5.74) is 8.55. The molecule has 1 saturated heterocycles. The van der Waals surface area contributed by atoms with Crippen molar-refractivity contribution in [3.05, 3.63) is 35.4 Å². The minimum atomic E-state index is 0.0943. The number of ether oxygens (including phenoxy) is 1. The van der Waals surface area contributed by atoms with Gasteiger partial charge in [-0.05, 0) is 62.0 Å². The zero-order valence-electron chi connectivity index (χ0n) is 15.7. The maximum absolute atomic E-state index is 10.5. The Morgan fingerprint density at radius 2 is 2.15 bits per heavy atom. The van der Waals surface area contributed by atoms with Crippen LogP contribution in [0.15, 0.2) is 24.3 Å². The van der Waals surface area contributed by atoms with Crippen molar-refractivity contribution in [2.24, 2.45) is 0 Å². The molecule has 1 aromatic heterocycles. The number of aromatic nitrogens is 1. The number of nitrogen functional groups attached to an aromatic ring is 1. The Morgan fingerprint density at radius 1 is 1.37 bits per heavy atom. The van der Waals surface area contributed by atoms with E-state index in [1.807, 2.05) is 12.1 Å². The van der Waals surface area contributed by atoms with Gasteiger partial charge in [0.2, 0.25) is 0 Å². The summed E-state index contributed by atoms with van der Waals surface area (Å²) in [7, 11) is 0. The number of phenols is 1. The molecular formula is C21H26N4O2. The zero-order chi connectivity index (χ0) is 19.2. The quantitative estimate of drug-likeness (QED) is 0.675. The first-order chi connectivity index (χ1) is 13.2. The molecule has 142 valence electrons. The van der Waals surface area contributed by atoms with Gasteiger partial charge in [-0.3, -0.25) is 0 Å². The van der Waals surface area contributed by atoms with E-state index in [2.05, 4.69) is 23.3 Å². The molecule has 0 aliphatic carbocycles. The number of anilines is 1. The van der Waals surface area contributed by atoms with Gasteiger partial charge >= 0.3 is 0 Å². The Morgan fingerprint density at radius 3 is 2.85 bits per heavy atom. The third kappa shape index (κ3) is 4.15. The van der Waals surface area contributed by atoms with Crippen LogP contribution >= 0.6 is 0 Å². The van der Waals surface area contributed by atoms with E-state index in [0.717, 1.165) is 44.3 Å². The first-order valence-corrected chi connectivity index (χ1v) is 9.52. The van der Waals surface area contributed by atoms with Gasteiger partial charge in [0.1, 0.15) is 23.4 Å². The Kier molecular flexibility index (Phi) is 6.15. The summed E-state index contributed by atoms with van der Waals surface area (Å²) in [6.07, 6.45) is 3.84. The van der Waals surface area contributed by atoms with Gasteiger partial charge in [0.05, 0.1) is 23.4 Å². The normalized spacial score (nSPS) is 14.7. The highest BCUT2D eigenvalue weighted by Crippen LogP contribution is 2.40. The lowest BCUT2D eigenvalue weighted by Crippen LogP contribution is -2.27. The molecule has 27 heavy (non-hydrogen) atoms. The summed E-state index contributed by atoms with van der Waals surface area (Å²) in [6.45, 7) is 4.49. The maximum atomic E-state index is 10.5. The molecule has 0 saturated carbocycles. The smallest absolute Gasteiger partial charge is 0.142 e. The summed E-state index contributed by atoms with van der Waals surface area (Å²) in [6, 6.07) is 9.29. The number of pyridine rings is 1. The second-order valence-electron chi connectivity index (χ2n) is 6.85. The van der Waals surface area contributed by atoms with E-state index in [0.29, 0.717) is 29.2 Å². The molecule has 0 amide bonds. The molecule has 0 unspecified atom stereocenters. The number of nitriles is 1. The first-order valence-electron chi connectivity index (χ1n) is 9.52. The van der Waals surface area contributed by atoms with Crippen LogP contribution in [0.4, 0.5) is 5.82 Å². The fourth-order valence-corrected chi connectivity index (χ4v) is 3.51. The molecule has 0 spiro atoms. The summed E-state index contributed by atoms with van der Waals surface area (Å²) < 4.78 is 5.88. The lowest BCUT2D eigenvalue weighted by Gasteiger charge is -2.25. The van der Waals surface area contributed by atoms with Crippen LogP contribution in [0.25, 0.3) is 11.3 Å². The second-order valence-corrected chi connectivity index (χ2v) is 6.85. The van der Waals surface area contributed by atoms with Crippen LogP contribution in [-0.4, -0.2) is 29.8 Å². The second kappa shape index (κ2) is 8.74. The molecular weight excluding hydrogens is 340 g/mol. The van der Waals surface area contributed by atoms with E-state index < -0.39 is 0 Å². The van der Waals surface area contributed by atoms with Crippen molar-refractivity contribution in [2.45, 2.75) is 38.5 Å². The van der Waals surface area contributed by atoms with Crippen molar-refractivity contribution in [3.8, 4) is 28.8 Å². The van der Waals surface area contributed by atoms with Crippen LogP contribution in [0.1, 0.15) is 49.7 Å². The fraction of sp³-hybridized carbons (Fsp3) is 0.429. The minimum absolute atomic E-state index is 0.0943. The van der Waals surface area contributed by atoms with E-state index in [1.165, 1.54) is 0 Å². The summed E-state index contributed by atoms with van der Waals surface area (Å²) in [4.78, 5) is 4.42. The average molecular weight is 366 g/mol. The van der Waals surface area contributed by atoms with Crippen molar-refractivity contribution in [3.63, 3.8) is 0 Å². The van der Waals surface area contributed by atoms with E-state index in [4.69, 9.17) is 10.5 Å². The largest absolute Gasteiger partial charge is 0.507 e. The zero-order valence-corrected chi connectivity index (χ0v) is 15.7. The van der Waals surface area contributed by atoms with Gasteiger partial charge in [0.25, 0.3) is 0 Å². The summed E-state index contributed by atoms with van der Waals surface area (Å²) >= 11 is 0. The lowest BCUT2D eigenvalue weighted by atomic mass is 9.86. The van der Waals surface area contributed by atoms with Crippen LogP contribution in [0, 0.1) is 11.3 Å². The SMILES string of the molecule is CCCCOc1cccc(O)c1-c1cc(C2CCNCC2)c(C#N)c(N)n1. The number of hydrogen-bond donors (Lipinski definition) is 3. The van der Waals surface area contributed by atoms with Crippen LogP contribution < -0.4 is 15.8 Å². The van der Waals surface area contributed by atoms with Crippen LogP contribution in [0.5, 0.6) is 11.5 Å². The molecule has 0 atom stereocenters. The van der Waals surface area contributed by atoms with E-state index >= 15 is 0 Å².